The molecule has 2 bridgehead atoms. The summed E-state index contributed by atoms with van der Waals surface area (Å²) in [5, 5.41) is 23.6. The Kier molecular flexibility index (Phi) is 9.99. The van der Waals surface area contributed by atoms with Crippen LogP contribution in [0.5, 0.6) is 0 Å². The van der Waals surface area contributed by atoms with Crippen molar-refractivity contribution >= 4 is 34.6 Å². The average Bonchev–Trinajstić information content (AvgIpc) is 3.73. The zero-order valence-electron chi connectivity index (χ0n) is 31.9. The minimum Gasteiger partial charge on any atom is -0.458 e. The molecule has 2 aromatic heterocycles. The third-order valence-corrected chi connectivity index (χ3v) is 14.6. The first-order chi connectivity index (χ1) is 25.2. The number of carbonyl (C=O) groups excluding carboxylic acids is 3. The van der Waals surface area contributed by atoms with E-state index < -0.39 is 45.9 Å². The predicted molar refractivity (Wildman–Crippen MR) is 198 cm³/mol. The summed E-state index contributed by atoms with van der Waals surface area (Å²) in [4.78, 5) is 60.4. The number of amides is 1. The number of nitrogens with two attached hydrogens (primary N) is 1. The molecule has 0 spiro atoms. The van der Waals surface area contributed by atoms with Crippen molar-refractivity contribution in [3.8, 4) is 0 Å². The van der Waals surface area contributed by atoms with E-state index in [0.717, 1.165) is 37.3 Å². The van der Waals surface area contributed by atoms with E-state index >= 15 is 0 Å². The second kappa shape index (κ2) is 14.0. The van der Waals surface area contributed by atoms with Crippen LogP contribution in [0.2, 0.25) is 0 Å². The first-order valence-corrected chi connectivity index (χ1v) is 19.6. The summed E-state index contributed by atoms with van der Waals surface area (Å²) in [6.45, 7) is 16.0. The molecule has 8 unspecified atom stereocenters. The molecule has 14 heteroatoms. The van der Waals surface area contributed by atoms with Gasteiger partial charge in [0.15, 0.2) is 17.0 Å². The normalized spacial score (nSPS) is 36.9. The van der Waals surface area contributed by atoms with Crippen LogP contribution in [0.4, 0.5) is 5.82 Å². The van der Waals surface area contributed by atoms with Crippen LogP contribution in [0.1, 0.15) is 79.1 Å². The molecule has 0 radical (unpaired) electrons. The van der Waals surface area contributed by atoms with Gasteiger partial charge in [0.2, 0.25) is 5.91 Å². The van der Waals surface area contributed by atoms with Crippen molar-refractivity contribution in [1.29, 1.82) is 0 Å². The Morgan fingerprint density at radius 2 is 1.75 bits per heavy atom. The van der Waals surface area contributed by atoms with E-state index in [4.69, 9.17) is 10.5 Å². The molecule has 1 amide bonds. The first kappa shape index (κ1) is 37.8. The lowest BCUT2D eigenvalue weighted by molar-refractivity contribution is -0.252. The molecular formula is C39H58N8O6. The molecule has 53 heavy (non-hydrogen) atoms. The van der Waals surface area contributed by atoms with E-state index in [-0.39, 0.29) is 36.6 Å². The summed E-state index contributed by atoms with van der Waals surface area (Å²) < 4.78 is 8.31. The van der Waals surface area contributed by atoms with Gasteiger partial charge in [-0.3, -0.25) is 19.3 Å². The van der Waals surface area contributed by atoms with Gasteiger partial charge in [-0.2, -0.15) is 0 Å². The highest BCUT2D eigenvalue weighted by atomic mass is 16.6. The van der Waals surface area contributed by atoms with Crippen LogP contribution in [-0.4, -0.2) is 127 Å². The lowest BCUT2D eigenvalue weighted by Gasteiger charge is -2.64. The van der Waals surface area contributed by atoms with Crippen molar-refractivity contribution in [2.75, 3.05) is 50.7 Å². The Morgan fingerprint density at radius 1 is 1.04 bits per heavy atom. The number of hydrogen-bond acceptors (Lipinski definition) is 12. The molecule has 4 heterocycles. The number of imidazole rings is 1. The van der Waals surface area contributed by atoms with Gasteiger partial charge in [0.25, 0.3) is 0 Å². The highest BCUT2D eigenvalue weighted by Crippen LogP contribution is 2.69. The monoisotopic (exact) mass is 734 g/mol. The smallest absolute Gasteiger partial charge is 0.320 e. The van der Waals surface area contributed by atoms with Gasteiger partial charge in [-0.15, -0.1) is 6.58 Å². The number of ketones is 1. The van der Waals surface area contributed by atoms with E-state index in [2.05, 4.69) is 26.4 Å². The van der Waals surface area contributed by atoms with Gasteiger partial charge < -0.3 is 35.1 Å². The third kappa shape index (κ3) is 6.27. The number of carbonyl (C=O) groups is 3. The number of aliphatic hydroxyl groups is 2. The molecule has 5 fully saturated rings. The van der Waals surface area contributed by atoms with Crippen molar-refractivity contribution < 1.29 is 29.3 Å². The number of rotatable bonds is 8. The second-order valence-corrected chi connectivity index (χ2v) is 17.3. The van der Waals surface area contributed by atoms with Crippen molar-refractivity contribution in [1.82, 2.24) is 29.3 Å². The summed E-state index contributed by atoms with van der Waals surface area (Å²) in [5.74, 6) is -0.212. The highest BCUT2D eigenvalue weighted by Gasteiger charge is 2.72. The molecule has 3 saturated carbocycles. The SMILES string of the molecule is C=CC1(C)CC(O)C2(C)C3C(=O)CCC3(CCC2(C)OC(=O)CN2CCN(C(=O)CCn3cnc4c(N5CCC(N)CC5)ncnc43)CC2)C(C)C1O. The number of aliphatic hydroxyl groups excluding tert-OH is 2. The van der Waals surface area contributed by atoms with Crippen molar-refractivity contribution in [2.24, 2.45) is 33.8 Å². The van der Waals surface area contributed by atoms with Crippen LogP contribution in [0.15, 0.2) is 25.3 Å². The third-order valence-electron chi connectivity index (χ3n) is 14.6. The molecule has 2 aromatic rings. The van der Waals surface area contributed by atoms with Gasteiger partial charge >= 0.3 is 5.97 Å². The van der Waals surface area contributed by atoms with Crippen molar-refractivity contribution in [2.45, 2.75) is 109 Å². The number of fused-ring (bicyclic) bond motifs is 1. The number of nitrogens with zero attached hydrogens (tertiary/aromatic N) is 7. The number of anilines is 1. The molecule has 4 N–H and O–H groups in total. The average molecular weight is 735 g/mol. The van der Waals surface area contributed by atoms with Gasteiger partial charge in [-0.1, -0.05) is 26.8 Å². The van der Waals surface area contributed by atoms with E-state index in [0.29, 0.717) is 70.5 Å². The summed E-state index contributed by atoms with van der Waals surface area (Å²) in [6.07, 6.45) is 7.73. The Morgan fingerprint density at radius 3 is 2.45 bits per heavy atom. The Balaban J connectivity index is 0.960. The molecular weight excluding hydrogens is 676 g/mol. The number of Topliss-reactive ketones (excluding diaryl/α,β-unsaturated/α-hetero) is 1. The molecule has 290 valence electrons. The fourth-order valence-corrected chi connectivity index (χ4v) is 10.8. The molecule has 2 saturated heterocycles. The maximum absolute atomic E-state index is 13.7. The Labute approximate surface area is 312 Å². The highest BCUT2D eigenvalue weighted by molar-refractivity contribution is 5.86. The minimum absolute atomic E-state index is 0.0323. The van der Waals surface area contributed by atoms with Gasteiger partial charge in [0.1, 0.15) is 17.7 Å². The van der Waals surface area contributed by atoms with E-state index in [1.807, 2.05) is 42.1 Å². The minimum atomic E-state index is -1.09. The van der Waals surface area contributed by atoms with Crippen molar-refractivity contribution in [3.63, 3.8) is 0 Å². The summed E-state index contributed by atoms with van der Waals surface area (Å²) >= 11 is 0. The molecule has 8 atom stereocenters. The molecule has 3 aliphatic carbocycles. The van der Waals surface area contributed by atoms with Crippen LogP contribution in [0, 0.1) is 28.1 Å². The number of piperidine rings is 1. The molecule has 14 nitrogen and oxygen atoms in total. The van der Waals surface area contributed by atoms with E-state index in [1.54, 1.807) is 18.7 Å². The number of piperazine rings is 1. The zero-order valence-corrected chi connectivity index (χ0v) is 31.9. The number of esters is 1. The largest absolute Gasteiger partial charge is 0.458 e. The van der Waals surface area contributed by atoms with E-state index in [1.165, 1.54) is 0 Å². The van der Waals surface area contributed by atoms with Crippen LogP contribution < -0.4 is 10.6 Å². The van der Waals surface area contributed by atoms with Gasteiger partial charge in [0, 0.05) is 81.4 Å². The van der Waals surface area contributed by atoms with Crippen LogP contribution >= 0.6 is 0 Å². The van der Waals surface area contributed by atoms with Crippen LogP contribution in [0.25, 0.3) is 11.2 Å². The van der Waals surface area contributed by atoms with Crippen LogP contribution in [0.3, 0.4) is 0 Å². The molecule has 2 aliphatic heterocycles. The number of hydrogen-bond donors (Lipinski definition) is 3. The molecule has 5 aliphatic rings. The Hall–Kier alpha value is -3.46. The molecule has 0 aromatic carbocycles. The van der Waals surface area contributed by atoms with Gasteiger partial charge in [-0.25, -0.2) is 15.0 Å². The van der Waals surface area contributed by atoms with Crippen molar-refractivity contribution in [3.05, 3.63) is 25.3 Å². The van der Waals surface area contributed by atoms with Gasteiger partial charge in [0.05, 0.1) is 25.1 Å². The van der Waals surface area contributed by atoms with Gasteiger partial charge in [-0.05, 0) is 56.8 Å². The predicted octanol–water partition coefficient (Wildman–Crippen LogP) is 2.31. The van der Waals surface area contributed by atoms with Crippen LogP contribution in [-0.2, 0) is 25.7 Å². The number of aromatic nitrogens is 4. The summed E-state index contributed by atoms with van der Waals surface area (Å²) in [7, 11) is 0. The van der Waals surface area contributed by atoms with E-state index in [9.17, 15) is 24.6 Å². The maximum Gasteiger partial charge on any atom is 0.320 e. The quantitative estimate of drug-likeness (QED) is 0.267. The lowest BCUT2D eigenvalue weighted by Crippen LogP contribution is -2.69. The number of aryl methyl sites for hydroxylation is 1. The topological polar surface area (TPSA) is 180 Å². The number of ether oxygens (including phenoxy) is 1. The zero-order chi connectivity index (χ0) is 37.9. The molecule has 7 rings (SSSR count). The maximum atomic E-state index is 13.7. The standard InChI is InChI=1S/C39H58N8O6/c1-6-36(3)21-28(49)38(5)32-27(48)7-11-39(32,25(2)33(36)52)13-12-37(38,4)53-30(51)22-44-17-19-45(20-18-44)29(50)10-16-47-24-43-31-34(41-23-42-35(31)47)46-14-8-26(40)9-15-46/h6,23-26,28,32-33,49,52H,1,7-22,40H2,2-5H3. The summed E-state index contributed by atoms with van der Waals surface area (Å²) in [6, 6.07) is 0.213. The fraction of sp³-hybridized carbons (Fsp3) is 0.744. The first-order valence-electron chi connectivity index (χ1n) is 19.6. The lowest BCUT2D eigenvalue weighted by atomic mass is 9.42. The Bertz CT molecular complexity index is 1740. The fourth-order valence-electron chi connectivity index (χ4n) is 10.8. The second-order valence-electron chi connectivity index (χ2n) is 17.3. The summed E-state index contributed by atoms with van der Waals surface area (Å²) in [5.41, 5.74) is 4.13.